The first-order valence-corrected chi connectivity index (χ1v) is 6.78. The normalized spacial score (nSPS) is 24.6. The SMILES string of the molecule is CC1Nc2ccc(C(=O)O)cc2C12CCCCC2. The molecule has 1 aromatic rings. The summed E-state index contributed by atoms with van der Waals surface area (Å²) in [4.78, 5) is 11.1. The first kappa shape index (κ1) is 11.6. The molecule has 1 spiro atoms. The molecular formula is C15H19NO2. The van der Waals surface area contributed by atoms with E-state index in [2.05, 4.69) is 12.2 Å². The second kappa shape index (κ2) is 4.01. The van der Waals surface area contributed by atoms with E-state index in [9.17, 15) is 4.79 Å². The van der Waals surface area contributed by atoms with Gasteiger partial charge in [0.15, 0.2) is 0 Å². The summed E-state index contributed by atoms with van der Waals surface area (Å²) >= 11 is 0. The molecule has 96 valence electrons. The van der Waals surface area contributed by atoms with Crippen LogP contribution in [0.2, 0.25) is 0 Å². The Morgan fingerprint density at radius 2 is 2.06 bits per heavy atom. The average Bonchev–Trinajstić information content (AvgIpc) is 2.63. The molecule has 3 heteroatoms. The molecule has 0 amide bonds. The van der Waals surface area contributed by atoms with Gasteiger partial charge in [-0.3, -0.25) is 0 Å². The number of benzene rings is 1. The Kier molecular flexibility index (Phi) is 2.58. The Balaban J connectivity index is 2.09. The Morgan fingerprint density at radius 1 is 1.33 bits per heavy atom. The molecule has 1 aromatic carbocycles. The Morgan fingerprint density at radius 3 is 2.72 bits per heavy atom. The standard InChI is InChI=1S/C15H19NO2/c1-10-15(7-3-2-4-8-15)12-9-11(14(17)18)5-6-13(12)16-10/h5-6,9-10,16H,2-4,7-8H2,1H3,(H,17,18). The van der Waals surface area contributed by atoms with Crippen LogP contribution in [0, 0.1) is 0 Å². The fourth-order valence-electron chi connectivity index (χ4n) is 3.70. The van der Waals surface area contributed by atoms with Gasteiger partial charge < -0.3 is 10.4 Å². The summed E-state index contributed by atoms with van der Waals surface area (Å²) in [6, 6.07) is 5.93. The molecule has 1 saturated carbocycles. The van der Waals surface area contributed by atoms with Crippen molar-refractivity contribution in [3.63, 3.8) is 0 Å². The predicted molar refractivity (Wildman–Crippen MR) is 71.2 cm³/mol. The molecule has 1 unspecified atom stereocenters. The number of rotatable bonds is 1. The van der Waals surface area contributed by atoms with Gasteiger partial charge in [0.05, 0.1) is 5.56 Å². The number of aromatic carboxylic acids is 1. The van der Waals surface area contributed by atoms with Crippen LogP contribution in [0.4, 0.5) is 5.69 Å². The van der Waals surface area contributed by atoms with Crippen LogP contribution in [-0.4, -0.2) is 17.1 Å². The molecule has 3 rings (SSSR count). The third-order valence-corrected chi connectivity index (χ3v) is 4.75. The topological polar surface area (TPSA) is 49.3 Å². The molecule has 18 heavy (non-hydrogen) atoms. The fraction of sp³-hybridized carbons (Fsp3) is 0.533. The van der Waals surface area contributed by atoms with Gasteiger partial charge in [0.1, 0.15) is 0 Å². The summed E-state index contributed by atoms with van der Waals surface area (Å²) < 4.78 is 0. The van der Waals surface area contributed by atoms with Gasteiger partial charge in [-0.1, -0.05) is 19.3 Å². The van der Waals surface area contributed by atoms with Crippen molar-refractivity contribution in [3.8, 4) is 0 Å². The Bertz CT molecular complexity index is 489. The lowest BCUT2D eigenvalue weighted by Gasteiger charge is -2.37. The van der Waals surface area contributed by atoms with Crippen LogP contribution in [0.25, 0.3) is 0 Å². The minimum absolute atomic E-state index is 0.166. The lowest BCUT2D eigenvalue weighted by Crippen LogP contribution is -2.38. The minimum atomic E-state index is -0.830. The molecule has 1 fully saturated rings. The maximum absolute atomic E-state index is 11.1. The summed E-state index contributed by atoms with van der Waals surface area (Å²) in [5.41, 5.74) is 2.94. The van der Waals surface area contributed by atoms with Crippen molar-refractivity contribution in [2.45, 2.75) is 50.5 Å². The highest BCUT2D eigenvalue weighted by Gasteiger charge is 2.45. The molecule has 3 nitrogen and oxygen atoms in total. The molecule has 1 atom stereocenters. The van der Waals surface area contributed by atoms with E-state index in [1.165, 1.54) is 37.7 Å². The number of anilines is 1. The maximum Gasteiger partial charge on any atom is 0.335 e. The molecule has 0 aromatic heterocycles. The lowest BCUT2D eigenvalue weighted by atomic mass is 9.67. The van der Waals surface area contributed by atoms with Crippen LogP contribution < -0.4 is 5.32 Å². The van der Waals surface area contributed by atoms with E-state index in [1.54, 1.807) is 6.07 Å². The zero-order valence-electron chi connectivity index (χ0n) is 10.7. The van der Waals surface area contributed by atoms with Crippen LogP contribution in [0.1, 0.15) is 54.9 Å². The van der Waals surface area contributed by atoms with E-state index in [1.807, 2.05) is 12.1 Å². The monoisotopic (exact) mass is 245 g/mol. The Hall–Kier alpha value is -1.51. The number of hydrogen-bond donors (Lipinski definition) is 2. The van der Waals surface area contributed by atoms with E-state index < -0.39 is 5.97 Å². The molecule has 2 N–H and O–H groups in total. The molecule has 2 aliphatic rings. The molecule has 1 aliphatic heterocycles. The van der Waals surface area contributed by atoms with Crippen LogP contribution in [0.15, 0.2) is 18.2 Å². The van der Waals surface area contributed by atoms with E-state index in [0.717, 1.165) is 5.69 Å². The molecule has 0 bridgehead atoms. The Labute approximate surface area is 107 Å². The number of hydrogen-bond acceptors (Lipinski definition) is 2. The highest BCUT2D eigenvalue weighted by molar-refractivity contribution is 5.89. The van der Waals surface area contributed by atoms with Gasteiger partial charge in [-0.2, -0.15) is 0 Å². The number of carbonyl (C=O) groups is 1. The van der Waals surface area contributed by atoms with Gasteiger partial charge in [0.2, 0.25) is 0 Å². The summed E-state index contributed by atoms with van der Waals surface area (Å²) in [6.45, 7) is 2.23. The fourth-order valence-corrected chi connectivity index (χ4v) is 3.70. The number of carboxylic acid groups (broad SMARTS) is 1. The summed E-state index contributed by atoms with van der Waals surface area (Å²) in [6.07, 6.45) is 6.17. The quantitative estimate of drug-likeness (QED) is 0.797. The van der Waals surface area contributed by atoms with Gasteiger partial charge in [0, 0.05) is 17.1 Å². The second-order valence-corrected chi connectivity index (χ2v) is 5.65. The van der Waals surface area contributed by atoms with Gasteiger partial charge in [-0.05, 0) is 43.5 Å². The predicted octanol–water partition coefficient (Wildman–Crippen LogP) is 3.40. The van der Waals surface area contributed by atoms with E-state index >= 15 is 0 Å². The molecular weight excluding hydrogens is 226 g/mol. The first-order valence-electron chi connectivity index (χ1n) is 6.78. The molecule has 1 aliphatic carbocycles. The summed E-state index contributed by atoms with van der Waals surface area (Å²) in [5, 5.41) is 12.7. The third kappa shape index (κ3) is 1.53. The highest BCUT2D eigenvalue weighted by Crippen LogP contribution is 2.50. The van der Waals surface area contributed by atoms with Crippen LogP contribution >= 0.6 is 0 Å². The van der Waals surface area contributed by atoms with Crippen molar-refractivity contribution < 1.29 is 9.90 Å². The largest absolute Gasteiger partial charge is 0.478 e. The third-order valence-electron chi connectivity index (χ3n) is 4.75. The lowest BCUT2D eigenvalue weighted by molar-refractivity contribution is 0.0696. The van der Waals surface area contributed by atoms with Crippen molar-refractivity contribution in [2.75, 3.05) is 5.32 Å². The van der Waals surface area contributed by atoms with Crippen molar-refractivity contribution in [1.29, 1.82) is 0 Å². The number of fused-ring (bicyclic) bond motifs is 2. The van der Waals surface area contributed by atoms with E-state index in [0.29, 0.717) is 11.6 Å². The molecule has 0 saturated heterocycles. The van der Waals surface area contributed by atoms with Crippen LogP contribution in [0.5, 0.6) is 0 Å². The zero-order chi connectivity index (χ0) is 12.8. The van der Waals surface area contributed by atoms with E-state index in [4.69, 9.17) is 5.11 Å². The van der Waals surface area contributed by atoms with Crippen LogP contribution in [-0.2, 0) is 5.41 Å². The van der Waals surface area contributed by atoms with Gasteiger partial charge in [-0.25, -0.2) is 4.79 Å². The van der Waals surface area contributed by atoms with Gasteiger partial charge in [-0.15, -0.1) is 0 Å². The number of carboxylic acids is 1. The van der Waals surface area contributed by atoms with Gasteiger partial charge >= 0.3 is 5.97 Å². The summed E-state index contributed by atoms with van der Waals surface area (Å²) in [7, 11) is 0. The molecule has 0 radical (unpaired) electrons. The van der Waals surface area contributed by atoms with E-state index in [-0.39, 0.29) is 5.41 Å². The van der Waals surface area contributed by atoms with Crippen molar-refractivity contribution in [2.24, 2.45) is 0 Å². The van der Waals surface area contributed by atoms with Crippen LogP contribution in [0.3, 0.4) is 0 Å². The average molecular weight is 245 g/mol. The first-order chi connectivity index (χ1) is 8.63. The van der Waals surface area contributed by atoms with Gasteiger partial charge in [0.25, 0.3) is 0 Å². The second-order valence-electron chi connectivity index (χ2n) is 5.65. The molecule has 1 heterocycles. The highest BCUT2D eigenvalue weighted by atomic mass is 16.4. The van der Waals surface area contributed by atoms with Crippen molar-refractivity contribution in [3.05, 3.63) is 29.3 Å². The van der Waals surface area contributed by atoms with Crippen molar-refractivity contribution in [1.82, 2.24) is 0 Å². The smallest absolute Gasteiger partial charge is 0.335 e. The maximum atomic E-state index is 11.1. The zero-order valence-corrected chi connectivity index (χ0v) is 10.7. The number of nitrogens with one attached hydrogen (secondary N) is 1. The summed E-state index contributed by atoms with van der Waals surface area (Å²) in [5.74, 6) is -0.830. The van der Waals surface area contributed by atoms with Crippen molar-refractivity contribution >= 4 is 11.7 Å². The minimum Gasteiger partial charge on any atom is -0.478 e.